The van der Waals surface area contributed by atoms with Gasteiger partial charge in [-0.15, -0.1) is 0 Å². The Morgan fingerprint density at radius 3 is 2.38 bits per heavy atom. The Bertz CT molecular complexity index is 510. The molecule has 0 unspecified atom stereocenters. The van der Waals surface area contributed by atoms with Crippen LogP contribution in [0.25, 0.3) is 0 Å². The average Bonchev–Trinajstić information content (AvgIpc) is 2.24. The zero-order valence-electron chi connectivity index (χ0n) is 12.0. The van der Waals surface area contributed by atoms with Gasteiger partial charge in [0.2, 0.25) is 0 Å². The van der Waals surface area contributed by atoms with Gasteiger partial charge in [0, 0.05) is 17.3 Å². The highest BCUT2D eigenvalue weighted by atomic mass is 35.5. The molecule has 0 aliphatic heterocycles. The number of halogens is 4. The van der Waals surface area contributed by atoms with Gasteiger partial charge in [0.05, 0.1) is 12.0 Å². The Morgan fingerprint density at radius 2 is 1.86 bits per heavy atom. The van der Waals surface area contributed by atoms with E-state index in [1.54, 1.807) is 20.8 Å². The highest BCUT2D eigenvalue weighted by Gasteiger charge is 2.31. The summed E-state index contributed by atoms with van der Waals surface area (Å²) >= 11 is 5.65. The quantitative estimate of drug-likeness (QED) is 0.829. The van der Waals surface area contributed by atoms with Gasteiger partial charge in [-0.1, -0.05) is 11.6 Å². The standard InChI is InChI=1S/C14H17ClF3NO2/c1-13(2,3)21-12(20)4-5-19-11-7-9(14(16,17)18)6-10(15)8-11/h6-8,19H,4-5H2,1-3H3. The molecular weight excluding hydrogens is 307 g/mol. The third kappa shape index (κ3) is 6.71. The summed E-state index contributed by atoms with van der Waals surface area (Å²) in [4.78, 5) is 11.5. The molecule has 0 heterocycles. The summed E-state index contributed by atoms with van der Waals surface area (Å²) in [7, 11) is 0. The number of esters is 1. The molecule has 1 N–H and O–H groups in total. The zero-order chi connectivity index (χ0) is 16.3. The lowest BCUT2D eigenvalue weighted by Crippen LogP contribution is -2.25. The molecule has 0 saturated heterocycles. The summed E-state index contributed by atoms with van der Waals surface area (Å²) in [5, 5.41) is 2.71. The lowest BCUT2D eigenvalue weighted by molar-refractivity contribution is -0.154. The lowest BCUT2D eigenvalue weighted by atomic mass is 10.2. The topological polar surface area (TPSA) is 38.3 Å². The first kappa shape index (κ1) is 17.6. The van der Waals surface area contributed by atoms with E-state index in [0.29, 0.717) is 0 Å². The third-order valence-corrected chi connectivity index (χ3v) is 2.52. The number of carbonyl (C=O) groups is 1. The molecule has 0 bridgehead atoms. The van der Waals surface area contributed by atoms with E-state index in [-0.39, 0.29) is 23.7 Å². The van der Waals surface area contributed by atoms with Gasteiger partial charge in [-0.25, -0.2) is 0 Å². The highest BCUT2D eigenvalue weighted by Crippen LogP contribution is 2.33. The van der Waals surface area contributed by atoms with E-state index in [1.165, 1.54) is 6.07 Å². The number of ether oxygens (including phenoxy) is 1. The molecule has 0 fully saturated rings. The van der Waals surface area contributed by atoms with Gasteiger partial charge in [0.15, 0.2) is 0 Å². The molecule has 0 atom stereocenters. The van der Waals surface area contributed by atoms with Gasteiger partial charge in [0.25, 0.3) is 0 Å². The van der Waals surface area contributed by atoms with Crippen LogP contribution in [-0.2, 0) is 15.7 Å². The summed E-state index contributed by atoms with van der Waals surface area (Å²) < 4.78 is 43.0. The van der Waals surface area contributed by atoms with Crippen molar-refractivity contribution in [1.29, 1.82) is 0 Å². The van der Waals surface area contributed by atoms with Crippen LogP contribution in [0.3, 0.4) is 0 Å². The fourth-order valence-electron chi connectivity index (χ4n) is 1.56. The molecule has 1 aromatic carbocycles. The summed E-state index contributed by atoms with van der Waals surface area (Å²) in [6, 6.07) is 3.16. The van der Waals surface area contributed by atoms with Gasteiger partial charge >= 0.3 is 12.1 Å². The molecule has 118 valence electrons. The Hall–Kier alpha value is -1.43. The first-order valence-electron chi connectivity index (χ1n) is 6.31. The predicted molar refractivity (Wildman–Crippen MR) is 75.4 cm³/mol. The predicted octanol–water partition coefficient (Wildman–Crippen LogP) is 4.50. The maximum atomic E-state index is 12.6. The molecule has 7 heteroatoms. The van der Waals surface area contributed by atoms with Gasteiger partial charge in [-0.05, 0) is 39.0 Å². The number of hydrogen-bond acceptors (Lipinski definition) is 3. The molecule has 0 saturated carbocycles. The minimum absolute atomic E-state index is 0.0235. The number of anilines is 1. The van der Waals surface area contributed by atoms with Gasteiger partial charge < -0.3 is 10.1 Å². The van der Waals surface area contributed by atoms with Crippen LogP contribution in [0.4, 0.5) is 18.9 Å². The van der Waals surface area contributed by atoms with E-state index >= 15 is 0 Å². The highest BCUT2D eigenvalue weighted by molar-refractivity contribution is 6.30. The molecule has 0 aliphatic rings. The van der Waals surface area contributed by atoms with Crippen LogP contribution in [0.1, 0.15) is 32.8 Å². The Labute approximate surface area is 126 Å². The second-order valence-electron chi connectivity index (χ2n) is 5.49. The number of rotatable bonds is 4. The molecule has 0 aliphatic carbocycles. The molecule has 0 aromatic heterocycles. The van der Waals surface area contributed by atoms with E-state index < -0.39 is 23.3 Å². The molecule has 1 aromatic rings. The monoisotopic (exact) mass is 323 g/mol. The summed E-state index contributed by atoms with van der Waals surface area (Å²) in [6.45, 7) is 5.38. The van der Waals surface area contributed by atoms with Crippen molar-refractivity contribution in [1.82, 2.24) is 0 Å². The van der Waals surface area contributed by atoms with Crippen molar-refractivity contribution < 1.29 is 22.7 Å². The van der Waals surface area contributed by atoms with Gasteiger partial charge in [-0.2, -0.15) is 13.2 Å². The van der Waals surface area contributed by atoms with E-state index in [9.17, 15) is 18.0 Å². The van der Waals surface area contributed by atoms with Crippen LogP contribution in [0.15, 0.2) is 18.2 Å². The minimum Gasteiger partial charge on any atom is -0.460 e. The van der Waals surface area contributed by atoms with Crippen molar-refractivity contribution in [2.45, 2.75) is 39.0 Å². The first-order valence-corrected chi connectivity index (χ1v) is 6.69. The van der Waals surface area contributed by atoms with Crippen LogP contribution in [0.2, 0.25) is 5.02 Å². The maximum absolute atomic E-state index is 12.6. The number of hydrogen-bond donors (Lipinski definition) is 1. The van der Waals surface area contributed by atoms with Crippen molar-refractivity contribution in [3.8, 4) is 0 Å². The smallest absolute Gasteiger partial charge is 0.416 e. The Morgan fingerprint density at radius 1 is 1.24 bits per heavy atom. The molecular formula is C14H17ClF3NO2. The van der Waals surface area contributed by atoms with E-state index in [0.717, 1.165) is 12.1 Å². The largest absolute Gasteiger partial charge is 0.460 e. The van der Waals surface area contributed by atoms with E-state index in [2.05, 4.69) is 5.32 Å². The number of alkyl halides is 3. The molecule has 0 radical (unpaired) electrons. The molecule has 3 nitrogen and oxygen atoms in total. The Kier molecular flexibility index (Phi) is 5.50. The molecule has 21 heavy (non-hydrogen) atoms. The first-order chi connectivity index (χ1) is 9.47. The van der Waals surface area contributed by atoms with Crippen LogP contribution in [0.5, 0.6) is 0 Å². The fourth-order valence-corrected chi connectivity index (χ4v) is 1.79. The fraction of sp³-hybridized carbons (Fsp3) is 0.500. The van der Waals surface area contributed by atoms with Crippen molar-refractivity contribution in [3.63, 3.8) is 0 Å². The van der Waals surface area contributed by atoms with Crippen molar-refractivity contribution in [2.75, 3.05) is 11.9 Å². The van der Waals surface area contributed by atoms with Crippen molar-refractivity contribution >= 4 is 23.3 Å². The normalized spacial score (nSPS) is 12.1. The summed E-state index contributed by atoms with van der Waals surface area (Å²) in [5.74, 6) is -0.423. The Balaban J connectivity index is 2.60. The van der Waals surface area contributed by atoms with Crippen LogP contribution >= 0.6 is 11.6 Å². The second-order valence-corrected chi connectivity index (χ2v) is 5.93. The second kappa shape index (κ2) is 6.56. The SMILES string of the molecule is CC(C)(C)OC(=O)CCNc1cc(Cl)cc(C(F)(F)F)c1. The third-order valence-electron chi connectivity index (χ3n) is 2.30. The van der Waals surface area contributed by atoms with Gasteiger partial charge in [0.1, 0.15) is 5.60 Å². The minimum atomic E-state index is -4.47. The molecule has 0 amide bonds. The van der Waals surface area contributed by atoms with E-state index in [1.807, 2.05) is 0 Å². The number of benzene rings is 1. The van der Waals surface area contributed by atoms with E-state index in [4.69, 9.17) is 16.3 Å². The van der Waals surface area contributed by atoms with Crippen molar-refractivity contribution in [3.05, 3.63) is 28.8 Å². The summed E-state index contributed by atoms with van der Waals surface area (Å²) in [6.07, 6.45) is -4.42. The van der Waals surface area contributed by atoms with Gasteiger partial charge in [-0.3, -0.25) is 4.79 Å². The summed E-state index contributed by atoms with van der Waals surface area (Å²) in [5.41, 5.74) is -1.22. The van der Waals surface area contributed by atoms with Crippen LogP contribution < -0.4 is 5.32 Å². The molecule has 0 spiro atoms. The lowest BCUT2D eigenvalue weighted by Gasteiger charge is -2.19. The maximum Gasteiger partial charge on any atom is 0.416 e. The van der Waals surface area contributed by atoms with Crippen LogP contribution in [0, 0.1) is 0 Å². The molecule has 1 rings (SSSR count). The van der Waals surface area contributed by atoms with Crippen molar-refractivity contribution in [2.24, 2.45) is 0 Å². The van der Waals surface area contributed by atoms with Crippen LogP contribution in [-0.4, -0.2) is 18.1 Å². The number of nitrogens with one attached hydrogen (secondary N) is 1. The zero-order valence-corrected chi connectivity index (χ0v) is 12.7. The number of carbonyl (C=O) groups excluding carboxylic acids is 1. The average molecular weight is 324 g/mol.